The van der Waals surface area contributed by atoms with Gasteiger partial charge in [0, 0.05) is 31.9 Å². The molecule has 3 heteroatoms. The second-order valence-electron chi connectivity index (χ2n) is 5.37. The highest BCUT2D eigenvalue weighted by Gasteiger charge is 2.09. The van der Waals surface area contributed by atoms with Crippen molar-refractivity contribution in [2.45, 2.75) is 13.3 Å². The first kappa shape index (κ1) is 12.7. The third-order valence-electron chi connectivity index (χ3n) is 3.74. The first-order valence-corrected chi connectivity index (χ1v) is 6.83. The van der Waals surface area contributed by atoms with Gasteiger partial charge in [0.1, 0.15) is 0 Å². The topological polar surface area (TPSA) is 31.9 Å². The predicted molar refractivity (Wildman–Crippen MR) is 84.4 cm³/mol. The molecule has 0 radical (unpaired) electrons. The zero-order chi connectivity index (χ0) is 14.1. The summed E-state index contributed by atoms with van der Waals surface area (Å²) in [5, 5.41) is 2.59. The van der Waals surface area contributed by atoms with Gasteiger partial charge in [0.2, 0.25) is 0 Å². The quantitative estimate of drug-likeness (QED) is 0.785. The molecular formula is C17H19N3. The van der Waals surface area contributed by atoms with Gasteiger partial charge in [-0.15, -0.1) is 0 Å². The van der Waals surface area contributed by atoms with Gasteiger partial charge in [-0.2, -0.15) is 0 Å². The molecule has 20 heavy (non-hydrogen) atoms. The van der Waals surface area contributed by atoms with Gasteiger partial charge >= 0.3 is 0 Å². The minimum absolute atomic E-state index is 0.859. The summed E-state index contributed by atoms with van der Waals surface area (Å²) in [4.78, 5) is 9.72. The van der Waals surface area contributed by atoms with Crippen molar-refractivity contribution in [3.63, 3.8) is 0 Å². The zero-order valence-corrected chi connectivity index (χ0v) is 12.1. The Labute approximate surface area is 119 Å². The summed E-state index contributed by atoms with van der Waals surface area (Å²) < 4.78 is 0. The molecule has 1 heterocycles. The van der Waals surface area contributed by atoms with E-state index >= 15 is 0 Å². The lowest BCUT2D eigenvalue weighted by molar-refractivity contribution is 1.08. The van der Waals surface area contributed by atoms with Crippen molar-refractivity contribution < 1.29 is 0 Å². The van der Waals surface area contributed by atoms with Crippen LogP contribution in [0.4, 0.5) is 5.69 Å². The molecule has 0 aliphatic carbocycles. The number of fused-ring (bicyclic) bond motifs is 1. The number of rotatable bonds is 3. The van der Waals surface area contributed by atoms with E-state index in [1.165, 1.54) is 22.0 Å². The molecule has 3 nitrogen and oxygen atoms in total. The predicted octanol–water partition coefficient (Wildman–Crippen LogP) is 3.53. The van der Waals surface area contributed by atoms with Crippen LogP contribution >= 0.6 is 0 Å². The van der Waals surface area contributed by atoms with Crippen LogP contribution in [-0.4, -0.2) is 24.1 Å². The van der Waals surface area contributed by atoms with Crippen LogP contribution in [0.5, 0.6) is 0 Å². The van der Waals surface area contributed by atoms with E-state index in [1.807, 2.05) is 0 Å². The van der Waals surface area contributed by atoms with E-state index in [0.29, 0.717) is 0 Å². The Kier molecular flexibility index (Phi) is 3.18. The number of aromatic amines is 1. The summed E-state index contributed by atoms with van der Waals surface area (Å²) in [6.07, 6.45) is 2.63. The third kappa shape index (κ3) is 2.27. The van der Waals surface area contributed by atoms with Crippen LogP contribution in [0.1, 0.15) is 17.0 Å². The van der Waals surface area contributed by atoms with E-state index in [4.69, 9.17) is 0 Å². The molecule has 3 rings (SSSR count). The number of aryl methyl sites for hydroxylation is 1. The maximum absolute atomic E-state index is 4.42. The highest BCUT2D eigenvalue weighted by molar-refractivity contribution is 5.89. The van der Waals surface area contributed by atoms with Gasteiger partial charge in [0.15, 0.2) is 0 Å². The van der Waals surface area contributed by atoms with E-state index in [1.54, 1.807) is 6.33 Å². The van der Waals surface area contributed by atoms with Crippen molar-refractivity contribution in [1.82, 2.24) is 9.97 Å². The van der Waals surface area contributed by atoms with Gasteiger partial charge in [-0.1, -0.05) is 24.3 Å². The summed E-state index contributed by atoms with van der Waals surface area (Å²) in [6.45, 7) is 2.07. The number of hydrogen-bond acceptors (Lipinski definition) is 2. The van der Waals surface area contributed by atoms with Gasteiger partial charge in [0.25, 0.3) is 0 Å². The summed E-state index contributed by atoms with van der Waals surface area (Å²) >= 11 is 0. The van der Waals surface area contributed by atoms with Crippen LogP contribution in [0.3, 0.4) is 0 Å². The minimum Gasteiger partial charge on any atom is -0.378 e. The van der Waals surface area contributed by atoms with Gasteiger partial charge in [0.05, 0.1) is 12.0 Å². The van der Waals surface area contributed by atoms with Gasteiger partial charge < -0.3 is 9.88 Å². The number of H-pyrrole nitrogens is 1. The van der Waals surface area contributed by atoms with Crippen molar-refractivity contribution in [2.24, 2.45) is 0 Å². The molecule has 3 aromatic rings. The fourth-order valence-corrected chi connectivity index (χ4v) is 2.52. The summed E-state index contributed by atoms with van der Waals surface area (Å²) in [5.41, 5.74) is 4.81. The Morgan fingerprint density at radius 1 is 1.15 bits per heavy atom. The maximum Gasteiger partial charge on any atom is 0.0925 e. The van der Waals surface area contributed by atoms with E-state index in [9.17, 15) is 0 Å². The lowest BCUT2D eigenvalue weighted by Gasteiger charge is -2.16. The molecule has 102 valence electrons. The Bertz CT molecular complexity index is 741. The molecule has 0 spiro atoms. The van der Waals surface area contributed by atoms with Gasteiger partial charge in [-0.3, -0.25) is 0 Å². The largest absolute Gasteiger partial charge is 0.378 e. The molecule has 1 aromatic heterocycles. The molecule has 0 fully saturated rings. The van der Waals surface area contributed by atoms with Crippen LogP contribution in [0.2, 0.25) is 0 Å². The number of anilines is 1. The van der Waals surface area contributed by atoms with Gasteiger partial charge in [-0.05, 0) is 35.4 Å². The van der Waals surface area contributed by atoms with E-state index in [0.717, 1.165) is 17.8 Å². The number of imidazole rings is 1. The molecule has 2 aromatic carbocycles. The molecule has 0 amide bonds. The lowest BCUT2D eigenvalue weighted by Crippen LogP contribution is -2.09. The smallest absolute Gasteiger partial charge is 0.0925 e. The average molecular weight is 265 g/mol. The van der Waals surface area contributed by atoms with Crippen molar-refractivity contribution in [1.29, 1.82) is 0 Å². The fraction of sp³-hybridized carbons (Fsp3) is 0.235. The summed E-state index contributed by atoms with van der Waals surface area (Å²) in [6, 6.07) is 13.0. The number of benzene rings is 2. The molecule has 1 N–H and O–H groups in total. The van der Waals surface area contributed by atoms with Crippen molar-refractivity contribution >= 4 is 16.5 Å². The van der Waals surface area contributed by atoms with E-state index in [2.05, 4.69) is 72.3 Å². The zero-order valence-electron chi connectivity index (χ0n) is 12.1. The van der Waals surface area contributed by atoms with Crippen LogP contribution < -0.4 is 4.90 Å². The second kappa shape index (κ2) is 5.00. The van der Waals surface area contributed by atoms with Crippen molar-refractivity contribution in [2.75, 3.05) is 19.0 Å². The Hall–Kier alpha value is -2.29. The van der Waals surface area contributed by atoms with Crippen molar-refractivity contribution in [3.05, 3.63) is 59.7 Å². The van der Waals surface area contributed by atoms with Crippen LogP contribution in [-0.2, 0) is 6.42 Å². The molecule has 0 saturated carbocycles. The minimum atomic E-state index is 0.859. The maximum atomic E-state index is 4.42. The first-order chi connectivity index (χ1) is 9.65. The summed E-state index contributed by atoms with van der Waals surface area (Å²) in [5.74, 6) is 0. The number of nitrogens with zero attached hydrogens (tertiary/aromatic N) is 2. The molecule has 0 saturated heterocycles. The number of hydrogen-bond donors (Lipinski definition) is 1. The van der Waals surface area contributed by atoms with Crippen LogP contribution in [0.15, 0.2) is 42.7 Å². The third-order valence-corrected chi connectivity index (χ3v) is 3.74. The second-order valence-corrected chi connectivity index (χ2v) is 5.37. The van der Waals surface area contributed by atoms with Crippen LogP contribution in [0.25, 0.3) is 10.8 Å². The van der Waals surface area contributed by atoms with E-state index < -0.39 is 0 Å². The van der Waals surface area contributed by atoms with E-state index in [-0.39, 0.29) is 0 Å². The Morgan fingerprint density at radius 2 is 1.95 bits per heavy atom. The number of nitrogens with one attached hydrogen (secondary N) is 1. The van der Waals surface area contributed by atoms with Crippen LogP contribution in [0, 0.1) is 6.92 Å². The van der Waals surface area contributed by atoms with Gasteiger partial charge in [-0.25, -0.2) is 4.98 Å². The molecule has 0 atom stereocenters. The number of aromatic nitrogens is 2. The highest BCUT2D eigenvalue weighted by atomic mass is 15.1. The monoisotopic (exact) mass is 265 g/mol. The molecule has 0 aliphatic rings. The normalized spacial score (nSPS) is 10.9. The SMILES string of the molecule is Cc1[nH]cnc1Cc1cc(N(C)C)cc2ccccc12. The molecule has 0 aliphatic heterocycles. The lowest BCUT2D eigenvalue weighted by atomic mass is 9.99. The molecular weight excluding hydrogens is 246 g/mol. The Morgan fingerprint density at radius 3 is 2.65 bits per heavy atom. The summed E-state index contributed by atoms with van der Waals surface area (Å²) in [7, 11) is 4.15. The highest BCUT2D eigenvalue weighted by Crippen LogP contribution is 2.27. The molecule has 0 unspecified atom stereocenters. The fourth-order valence-electron chi connectivity index (χ4n) is 2.52. The van der Waals surface area contributed by atoms with Crippen molar-refractivity contribution in [3.8, 4) is 0 Å². The Balaban J connectivity index is 2.14. The average Bonchev–Trinajstić information content (AvgIpc) is 2.84. The molecule has 0 bridgehead atoms. The standard InChI is InChI=1S/C17H19N3/c1-12-17(19-11-18-12)10-14-9-15(20(2)3)8-13-6-4-5-7-16(13)14/h4-9,11H,10H2,1-3H3,(H,18,19). The first-order valence-electron chi connectivity index (χ1n) is 6.83.